The molecule has 0 aliphatic carbocycles. The van der Waals surface area contributed by atoms with Gasteiger partial charge in [-0.25, -0.2) is 4.98 Å². The highest BCUT2D eigenvalue weighted by Crippen LogP contribution is 2.24. The van der Waals surface area contributed by atoms with Gasteiger partial charge in [0, 0.05) is 22.8 Å². The van der Waals surface area contributed by atoms with Crippen LogP contribution in [0.4, 0.5) is 5.13 Å². The van der Waals surface area contributed by atoms with Crippen LogP contribution < -0.4 is 10.7 Å². The first-order valence-corrected chi connectivity index (χ1v) is 9.34. The molecule has 0 atom stereocenters. The molecule has 4 rings (SSSR count). The number of carbonyl (C=O) groups is 1. The maximum absolute atomic E-state index is 12.3. The van der Waals surface area contributed by atoms with Gasteiger partial charge in [-0.2, -0.15) is 5.10 Å². The lowest BCUT2D eigenvalue weighted by Crippen LogP contribution is -2.17. The fourth-order valence-electron chi connectivity index (χ4n) is 2.80. The maximum Gasteiger partial charge on any atom is 0.228 e. The molecule has 134 valence electrons. The van der Waals surface area contributed by atoms with E-state index in [1.54, 1.807) is 10.7 Å². The maximum atomic E-state index is 12.3. The molecule has 0 aliphatic heterocycles. The first kappa shape index (κ1) is 17.1. The van der Waals surface area contributed by atoms with Crippen LogP contribution >= 0.6 is 11.3 Å². The number of rotatable bonds is 5. The van der Waals surface area contributed by atoms with Crippen LogP contribution in [0.5, 0.6) is 0 Å². The summed E-state index contributed by atoms with van der Waals surface area (Å²) in [7, 11) is 0. The van der Waals surface area contributed by atoms with Crippen LogP contribution in [0.25, 0.3) is 22.2 Å². The van der Waals surface area contributed by atoms with Gasteiger partial charge in [-0.1, -0.05) is 42.5 Å². The summed E-state index contributed by atoms with van der Waals surface area (Å²) >= 11 is 1.39. The molecule has 4 aromatic rings. The van der Waals surface area contributed by atoms with Gasteiger partial charge in [0.1, 0.15) is 0 Å². The Labute approximate surface area is 159 Å². The minimum atomic E-state index is -0.145. The zero-order chi connectivity index (χ0) is 18.6. The van der Waals surface area contributed by atoms with E-state index in [1.165, 1.54) is 17.5 Å². The molecule has 27 heavy (non-hydrogen) atoms. The quantitative estimate of drug-likeness (QED) is 0.578. The van der Waals surface area contributed by atoms with Gasteiger partial charge in [0.25, 0.3) is 0 Å². The van der Waals surface area contributed by atoms with Crippen molar-refractivity contribution in [3.63, 3.8) is 0 Å². The fourth-order valence-corrected chi connectivity index (χ4v) is 3.54. The predicted octanol–water partition coefficient (Wildman–Crippen LogP) is 3.55. The summed E-state index contributed by atoms with van der Waals surface area (Å²) in [5, 5.41) is 10.0. The topological polar surface area (TPSA) is 76.9 Å². The lowest BCUT2D eigenvalue weighted by atomic mass is 10.2. The number of amides is 1. The monoisotopic (exact) mass is 376 g/mol. The SMILES string of the molecule is O=C(CCn1ncc(=O)c2ccccc21)Nc1nc(-c2ccccc2)cs1. The van der Waals surface area contributed by atoms with Crippen LogP contribution in [0.2, 0.25) is 0 Å². The van der Waals surface area contributed by atoms with E-state index in [2.05, 4.69) is 15.4 Å². The summed E-state index contributed by atoms with van der Waals surface area (Å²) in [4.78, 5) is 28.6. The first-order valence-electron chi connectivity index (χ1n) is 8.46. The lowest BCUT2D eigenvalue weighted by Gasteiger charge is -2.08. The molecule has 0 saturated carbocycles. The van der Waals surface area contributed by atoms with Crippen molar-refractivity contribution >= 4 is 33.3 Å². The number of hydrogen-bond donors (Lipinski definition) is 1. The minimum absolute atomic E-state index is 0.123. The summed E-state index contributed by atoms with van der Waals surface area (Å²) in [6.45, 7) is 0.379. The summed E-state index contributed by atoms with van der Waals surface area (Å²) < 4.78 is 1.67. The summed E-state index contributed by atoms with van der Waals surface area (Å²) in [6, 6.07) is 17.1. The fraction of sp³-hybridized carbons (Fsp3) is 0.100. The summed E-state index contributed by atoms with van der Waals surface area (Å²) in [5.41, 5.74) is 2.45. The molecule has 6 nitrogen and oxygen atoms in total. The number of benzene rings is 2. The Kier molecular flexibility index (Phi) is 4.76. The van der Waals surface area contributed by atoms with Gasteiger partial charge in [0.15, 0.2) is 5.13 Å². The second kappa shape index (κ2) is 7.51. The molecule has 0 saturated heterocycles. The van der Waals surface area contributed by atoms with E-state index >= 15 is 0 Å². The predicted molar refractivity (Wildman–Crippen MR) is 107 cm³/mol. The molecular weight excluding hydrogens is 360 g/mol. The van der Waals surface area contributed by atoms with Gasteiger partial charge in [-0.15, -0.1) is 11.3 Å². The van der Waals surface area contributed by atoms with E-state index in [9.17, 15) is 9.59 Å². The number of nitrogens with one attached hydrogen (secondary N) is 1. The second-order valence-electron chi connectivity index (χ2n) is 5.95. The molecule has 0 radical (unpaired) electrons. The Morgan fingerprint density at radius 3 is 2.70 bits per heavy atom. The van der Waals surface area contributed by atoms with Crippen molar-refractivity contribution < 1.29 is 4.79 Å². The van der Waals surface area contributed by atoms with Crippen LogP contribution in [0.1, 0.15) is 6.42 Å². The van der Waals surface area contributed by atoms with Gasteiger partial charge in [0.05, 0.1) is 24.0 Å². The summed E-state index contributed by atoms with van der Waals surface area (Å²) in [6.07, 6.45) is 1.52. The molecule has 7 heteroatoms. The van der Waals surface area contributed by atoms with Gasteiger partial charge >= 0.3 is 0 Å². The zero-order valence-electron chi connectivity index (χ0n) is 14.3. The van der Waals surface area contributed by atoms with Crippen LogP contribution in [-0.4, -0.2) is 20.7 Å². The standard InChI is InChI=1S/C20H16N4O2S/c25-18-12-21-24(17-9-5-4-8-15(17)18)11-10-19(26)23-20-22-16(13-27-20)14-6-2-1-3-7-14/h1-9,12-13H,10-11H2,(H,22,23,26). The van der Waals surface area contributed by atoms with Crippen molar-refractivity contribution in [1.29, 1.82) is 0 Å². The van der Waals surface area contributed by atoms with Crippen LogP contribution in [0.15, 0.2) is 71.0 Å². The number of para-hydroxylation sites is 1. The average molecular weight is 376 g/mol. The Balaban J connectivity index is 1.43. The number of fused-ring (bicyclic) bond motifs is 1. The van der Waals surface area contributed by atoms with Gasteiger partial charge in [-0.05, 0) is 12.1 Å². The van der Waals surface area contributed by atoms with Gasteiger partial charge in [0.2, 0.25) is 11.3 Å². The number of aromatic nitrogens is 3. The van der Waals surface area contributed by atoms with E-state index in [0.29, 0.717) is 17.1 Å². The zero-order valence-corrected chi connectivity index (χ0v) is 15.1. The molecule has 2 heterocycles. The largest absolute Gasteiger partial charge is 0.302 e. The van der Waals surface area contributed by atoms with E-state index < -0.39 is 0 Å². The van der Waals surface area contributed by atoms with Crippen LogP contribution in [-0.2, 0) is 11.3 Å². The van der Waals surface area contributed by atoms with Crippen molar-refractivity contribution in [3.8, 4) is 11.3 Å². The van der Waals surface area contributed by atoms with E-state index in [0.717, 1.165) is 16.8 Å². The molecule has 0 spiro atoms. The van der Waals surface area contributed by atoms with E-state index in [4.69, 9.17) is 0 Å². The number of thiazole rings is 1. The van der Waals surface area contributed by atoms with Crippen LogP contribution in [0.3, 0.4) is 0 Å². The van der Waals surface area contributed by atoms with Crippen molar-refractivity contribution in [1.82, 2.24) is 14.8 Å². The smallest absolute Gasteiger partial charge is 0.228 e. The van der Waals surface area contributed by atoms with Crippen molar-refractivity contribution in [3.05, 3.63) is 76.4 Å². The molecule has 1 amide bonds. The number of aryl methyl sites for hydroxylation is 1. The first-order chi connectivity index (χ1) is 13.2. The van der Waals surface area contributed by atoms with Gasteiger partial charge < -0.3 is 5.32 Å². The van der Waals surface area contributed by atoms with E-state index in [1.807, 2.05) is 53.9 Å². The summed E-state index contributed by atoms with van der Waals surface area (Å²) in [5.74, 6) is -0.145. The molecule has 0 fully saturated rings. The second-order valence-corrected chi connectivity index (χ2v) is 6.81. The van der Waals surface area contributed by atoms with Crippen molar-refractivity contribution in [2.24, 2.45) is 0 Å². The molecule has 0 unspecified atom stereocenters. The third-order valence-corrected chi connectivity index (χ3v) is 4.89. The lowest BCUT2D eigenvalue weighted by molar-refractivity contribution is -0.116. The highest BCUT2D eigenvalue weighted by atomic mass is 32.1. The highest BCUT2D eigenvalue weighted by molar-refractivity contribution is 7.14. The third-order valence-electron chi connectivity index (χ3n) is 4.13. The molecule has 2 aromatic carbocycles. The van der Waals surface area contributed by atoms with Crippen molar-refractivity contribution in [2.45, 2.75) is 13.0 Å². The highest BCUT2D eigenvalue weighted by Gasteiger charge is 2.10. The Morgan fingerprint density at radius 2 is 1.85 bits per heavy atom. The van der Waals surface area contributed by atoms with Crippen molar-refractivity contribution in [2.75, 3.05) is 5.32 Å². The van der Waals surface area contributed by atoms with Gasteiger partial charge in [-0.3, -0.25) is 14.3 Å². The molecule has 0 bridgehead atoms. The number of hydrogen-bond acceptors (Lipinski definition) is 5. The Morgan fingerprint density at radius 1 is 1.07 bits per heavy atom. The normalized spacial score (nSPS) is 10.8. The minimum Gasteiger partial charge on any atom is -0.302 e. The third kappa shape index (κ3) is 3.78. The molecule has 1 N–H and O–H groups in total. The molecule has 0 aliphatic rings. The van der Waals surface area contributed by atoms with E-state index in [-0.39, 0.29) is 17.8 Å². The average Bonchev–Trinajstić information content (AvgIpc) is 3.17. The number of nitrogens with zero attached hydrogens (tertiary/aromatic N) is 3. The Hall–Kier alpha value is -3.32. The molecular formula is C20H16N4O2S. The number of carbonyl (C=O) groups excluding carboxylic acids is 1. The number of anilines is 1. The Bertz CT molecular complexity index is 1150. The molecule has 2 aromatic heterocycles. The van der Waals surface area contributed by atoms with Crippen LogP contribution in [0, 0.1) is 0 Å².